The van der Waals surface area contributed by atoms with Crippen molar-refractivity contribution in [3.05, 3.63) is 28.3 Å². The van der Waals surface area contributed by atoms with Crippen molar-refractivity contribution in [2.24, 2.45) is 11.1 Å². The molecule has 0 saturated carbocycles. The molecule has 7 nitrogen and oxygen atoms in total. The van der Waals surface area contributed by atoms with Crippen LogP contribution in [0.3, 0.4) is 0 Å². The maximum absolute atomic E-state index is 11.4. The van der Waals surface area contributed by atoms with Gasteiger partial charge in [0.2, 0.25) is 10.0 Å². The van der Waals surface area contributed by atoms with Gasteiger partial charge in [-0.3, -0.25) is 10.1 Å². The zero-order chi connectivity index (χ0) is 15.5. The molecule has 8 heteroatoms. The molecule has 0 aliphatic carbocycles. The zero-order valence-electron chi connectivity index (χ0n) is 11.7. The number of sulfonamides is 1. The molecule has 0 fully saturated rings. The Morgan fingerprint density at radius 3 is 2.45 bits per heavy atom. The van der Waals surface area contributed by atoms with Crippen molar-refractivity contribution in [1.29, 1.82) is 0 Å². The van der Waals surface area contributed by atoms with Gasteiger partial charge in [0, 0.05) is 6.04 Å². The fourth-order valence-electron chi connectivity index (χ4n) is 1.80. The van der Waals surface area contributed by atoms with E-state index in [0.29, 0.717) is 0 Å². The van der Waals surface area contributed by atoms with Crippen LogP contribution in [0.4, 0.5) is 11.4 Å². The summed E-state index contributed by atoms with van der Waals surface area (Å²) in [5.41, 5.74) is -0.348. The highest BCUT2D eigenvalue weighted by atomic mass is 32.2. The lowest BCUT2D eigenvalue weighted by Crippen LogP contribution is -2.24. The van der Waals surface area contributed by atoms with Crippen molar-refractivity contribution < 1.29 is 13.3 Å². The Labute approximate surface area is 118 Å². The van der Waals surface area contributed by atoms with Crippen LogP contribution in [-0.4, -0.2) is 19.4 Å². The highest BCUT2D eigenvalue weighted by Gasteiger charge is 2.27. The fraction of sp³-hybridized carbons (Fsp3) is 0.500. The number of nitrogens with zero attached hydrogens (tertiary/aromatic N) is 1. The van der Waals surface area contributed by atoms with Crippen LogP contribution in [0, 0.1) is 16.0 Å². The quantitative estimate of drug-likeness (QED) is 0.616. The lowest BCUT2D eigenvalue weighted by molar-refractivity contribution is -0.386. The highest BCUT2D eigenvalue weighted by molar-refractivity contribution is 7.89. The summed E-state index contributed by atoms with van der Waals surface area (Å²) in [4.78, 5) is 9.94. The van der Waals surface area contributed by atoms with Gasteiger partial charge >= 0.3 is 5.69 Å². The summed E-state index contributed by atoms with van der Waals surface area (Å²) in [5.74, 6) is 0.285. The van der Waals surface area contributed by atoms with Crippen LogP contribution in [0.5, 0.6) is 0 Å². The number of hydrogen-bond donors (Lipinski definition) is 2. The molecule has 1 aromatic rings. The van der Waals surface area contributed by atoms with Gasteiger partial charge in [0.15, 0.2) is 4.90 Å². The first-order valence-corrected chi connectivity index (χ1v) is 7.79. The fourth-order valence-corrected chi connectivity index (χ4v) is 2.52. The monoisotopic (exact) mass is 301 g/mol. The first-order valence-electron chi connectivity index (χ1n) is 6.25. The molecule has 2 atom stereocenters. The molecular formula is C12H19N3O4S. The lowest BCUT2D eigenvalue weighted by Gasteiger charge is -2.21. The molecule has 0 saturated heterocycles. The summed E-state index contributed by atoms with van der Waals surface area (Å²) in [7, 11) is -4.14. The van der Waals surface area contributed by atoms with Crippen molar-refractivity contribution >= 4 is 21.4 Å². The second kappa shape index (κ2) is 6.19. The van der Waals surface area contributed by atoms with Crippen LogP contribution in [0.1, 0.15) is 27.2 Å². The summed E-state index contributed by atoms with van der Waals surface area (Å²) < 4.78 is 22.9. The zero-order valence-corrected chi connectivity index (χ0v) is 12.5. The van der Waals surface area contributed by atoms with E-state index in [1.54, 1.807) is 0 Å². The van der Waals surface area contributed by atoms with Crippen molar-refractivity contribution in [2.75, 3.05) is 5.32 Å². The Kier molecular flexibility index (Phi) is 5.07. The number of nitro groups is 1. The minimum atomic E-state index is -4.14. The number of nitro benzene ring substituents is 1. The van der Waals surface area contributed by atoms with E-state index in [0.717, 1.165) is 12.5 Å². The number of anilines is 1. The van der Waals surface area contributed by atoms with E-state index in [4.69, 9.17) is 5.14 Å². The van der Waals surface area contributed by atoms with Crippen LogP contribution < -0.4 is 10.5 Å². The molecule has 0 aromatic heterocycles. The summed E-state index contributed by atoms with van der Waals surface area (Å²) >= 11 is 0. The molecule has 1 rings (SSSR count). The number of nitrogens with two attached hydrogens (primary N) is 1. The van der Waals surface area contributed by atoms with Crippen molar-refractivity contribution in [2.45, 2.75) is 38.1 Å². The molecule has 3 N–H and O–H groups in total. The molecule has 112 valence electrons. The molecular weight excluding hydrogens is 282 g/mol. The number of nitrogens with one attached hydrogen (secondary N) is 1. The lowest BCUT2D eigenvalue weighted by atomic mass is 10.0. The third-order valence-corrected chi connectivity index (χ3v) is 4.31. The van der Waals surface area contributed by atoms with Crippen molar-refractivity contribution in [3.8, 4) is 0 Å². The van der Waals surface area contributed by atoms with E-state index >= 15 is 0 Å². The third kappa shape index (κ3) is 3.67. The van der Waals surface area contributed by atoms with Crippen molar-refractivity contribution in [3.63, 3.8) is 0 Å². The van der Waals surface area contributed by atoms with Crippen molar-refractivity contribution in [1.82, 2.24) is 0 Å². The first kappa shape index (κ1) is 16.4. The Balaban J connectivity index is 3.31. The van der Waals surface area contributed by atoms with Gasteiger partial charge in [0.05, 0.1) is 4.92 Å². The maximum Gasteiger partial charge on any atom is 0.312 e. The smallest absolute Gasteiger partial charge is 0.312 e. The largest absolute Gasteiger partial charge is 0.377 e. The SMILES string of the molecule is CCC(C)C(C)Nc1cccc(S(N)(=O)=O)c1[N+](=O)[O-]. The molecule has 0 spiro atoms. The summed E-state index contributed by atoms with van der Waals surface area (Å²) in [6, 6.07) is 4.01. The number of hydrogen-bond acceptors (Lipinski definition) is 5. The minimum absolute atomic E-state index is 0.0329. The Bertz CT molecular complexity index is 601. The number of primary sulfonamides is 1. The normalized spacial score (nSPS) is 14.6. The average Bonchev–Trinajstić information content (AvgIpc) is 2.36. The van der Waals surface area contributed by atoms with E-state index in [1.165, 1.54) is 12.1 Å². The van der Waals surface area contributed by atoms with Crippen LogP contribution >= 0.6 is 0 Å². The van der Waals surface area contributed by atoms with Crippen LogP contribution in [0.2, 0.25) is 0 Å². The molecule has 20 heavy (non-hydrogen) atoms. The van der Waals surface area contributed by atoms with Crippen LogP contribution in [0.25, 0.3) is 0 Å². The van der Waals surface area contributed by atoms with Gasteiger partial charge in [-0.2, -0.15) is 0 Å². The topological polar surface area (TPSA) is 115 Å². The summed E-state index contributed by atoms with van der Waals surface area (Å²) in [5, 5.41) is 19.2. The second-order valence-electron chi connectivity index (χ2n) is 4.77. The summed E-state index contributed by atoms with van der Waals surface area (Å²) in [6.45, 7) is 5.91. The molecule has 0 amide bonds. The Morgan fingerprint density at radius 2 is 2.00 bits per heavy atom. The van der Waals surface area contributed by atoms with Crippen LogP contribution in [-0.2, 0) is 10.0 Å². The van der Waals surface area contributed by atoms with E-state index in [9.17, 15) is 18.5 Å². The van der Waals surface area contributed by atoms with Gasteiger partial charge in [-0.25, -0.2) is 13.6 Å². The van der Waals surface area contributed by atoms with E-state index in [1.807, 2.05) is 20.8 Å². The highest BCUT2D eigenvalue weighted by Crippen LogP contribution is 2.32. The molecule has 0 aliphatic rings. The Morgan fingerprint density at radius 1 is 1.40 bits per heavy atom. The van der Waals surface area contributed by atoms with Gasteiger partial charge in [-0.15, -0.1) is 0 Å². The van der Waals surface area contributed by atoms with Gasteiger partial charge in [0.1, 0.15) is 5.69 Å². The van der Waals surface area contributed by atoms with E-state index < -0.39 is 25.5 Å². The molecule has 0 heterocycles. The first-order chi connectivity index (χ1) is 9.18. The third-order valence-electron chi connectivity index (χ3n) is 3.37. The number of rotatable bonds is 6. The van der Waals surface area contributed by atoms with Crippen LogP contribution in [0.15, 0.2) is 23.1 Å². The molecule has 0 radical (unpaired) electrons. The number of para-hydroxylation sites is 1. The standard InChI is InChI=1S/C12H19N3O4S/c1-4-8(2)9(3)14-10-6-5-7-11(20(13,18)19)12(10)15(16)17/h5-9,14H,4H2,1-3H3,(H2,13,18,19). The van der Waals surface area contributed by atoms with Gasteiger partial charge in [0.25, 0.3) is 0 Å². The second-order valence-corrected chi connectivity index (χ2v) is 6.30. The molecule has 0 bridgehead atoms. The molecule has 2 unspecified atom stereocenters. The Hall–Kier alpha value is -1.67. The van der Waals surface area contributed by atoms with Gasteiger partial charge < -0.3 is 5.32 Å². The van der Waals surface area contributed by atoms with E-state index in [-0.39, 0.29) is 17.6 Å². The maximum atomic E-state index is 11.4. The molecule has 1 aromatic carbocycles. The predicted molar refractivity (Wildman–Crippen MR) is 77.0 cm³/mol. The number of benzene rings is 1. The predicted octanol–water partition coefficient (Wildman–Crippen LogP) is 2.09. The van der Waals surface area contributed by atoms with E-state index in [2.05, 4.69) is 5.32 Å². The summed E-state index contributed by atoms with van der Waals surface area (Å²) in [6.07, 6.45) is 0.900. The van der Waals surface area contributed by atoms with Gasteiger partial charge in [-0.05, 0) is 25.0 Å². The van der Waals surface area contributed by atoms with Gasteiger partial charge in [-0.1, -0.05) is 26.3 Å². The molecule has 0 aliphatic heterocycles. The minimum Gasteiger partial charge on any atom is -0.377 e. The average molecular weight is 301 g/mol.